The van der Waals surface area contributed by atoms with Crippen molar-refractivity contribution in [1.29, 1.82) is 0 Å². The van der Waals surface area contributed by atoms with E-state index in [1.807, 2.05) is 54.6 Å². The number of hydrogen-bond donors (Lipinski definition) is 1. The summed E-state index contributed by atoms with van der Waals surface area (Å²) in [5.74, 6) is -0.0667. The fraction of sp³-hybridized carbons (Fsp3) is 0.269. The van der Waals surface area contributed by atoms with Crippen molar-refractivity contribution in [1.82, 2.24) is 0 Å². The zero-order chi connectivity index (χ0) is 22.6. The predicted octanol–water partition coefficient (Wildman–Crippen LogP) is 4.69. The van der Waals surface area contributed by atoms with Gasteiger partial charge < -0.3 is 5.11 Å². The van der Waals surface area contributed by atoms with Crippen LogP contribution in [0.2, 0.25) is 0 Å². The first-order valence-corrected chi connectivity index (χ1v) is 12.0. The fourth-order valence-corrected chi connectivity index (χ4v) is 4.34. The number of rotatable bonds is 8. The maximum Gasteiger partial charge on any atom is 0.167 e. The van der Waals surface area contributed by atoms with Crippen molar-refractivity contribution < 1.29 is 18.3 Å². The van der Waals surface area contributed by atoms with E-state index >= 15 is 0 Å². The van der Waals surface area contributed by atoms with Crippen molar-refractivity contribution in [3.05, 3.63) is 107 Å². The van der Waals surface area contributed by atoms with Crippen LogP contribution in [0.25, 0.3) is 0 Å². The zero-order valence-electron chi connectivity index (χ0n) is 18.1. The quantitative estimate of drug-likeness (QED) is 0.520. The highest BCUT2D eigenvalue weighted by molar-refractivity contribution is 7.91. The minimum Gasteiger partial charge on any atom is -0.381 e. The monoisotopic (exact) mass is 436 g/mol. The molecule has 0 aliphatic rings. The van der Waals surface area contributed by atoms with Gasteiger partial charge >= 0.3 is 0 Å². The number of Topliss-reactive ketones (excluding diaryl/α,β-unsaturated/α-hetero) is 1. The van der Waals surface area contributed by atoms with E-state index in [4.69, 9.17) is 0 Å². The molecule has 0 heterocycles. The number of carbonyl (C=O) groups is 1. The van der Waals surface area contributed by atoms with Crippen molar-refractivity contribution in [3.8, 4) is 0 Å². The van der Waals surface area contributed by atoms with Gasteiger partial charge in [0.25, 0.3) is 0 Å². The topological polar surface area (TPSA) is 71.4 Å². The molecule has 0 radical (unpaired) electrons. The Morgan fingerprint density at radius 1 is 0.839 bits per heavy atom. The summed E-state index contributed by atoms with van der Waals surface area (Å²) >= 11 is 0. The van der Waals surface area contributed by atoms with Crippen molar-refractivity contribution >= 4 is 15.6 Å². The largest absolute Gasteiger partial charge is 0.381 e. The number of sulfone groups is 1. The maximum absolute atomic E-state index is 12.7. The van der Waals surface area contributed by atoms with Gasteiger partial charge in [-0.2, -0.15) is 0 Å². The van der Waals surface area contributed by atoms with E-state index in [9.17, 15) is 18.3 Å². The van der Waals surface area contributed by atoms with Crippen LogP contribution in [0.5, 0.6) is 0 Å². The third-order valence-electron chi connectivity index (χ3n) is 5.58. The average Bonchev–Trinajstić information content (AvgIpc) is 2.75. The summed E-state index contributed by atoms with van der Waals surface area (Å²) in [6.07, 6.45) is 0.234. The Kier molecular flexibility index (Phi) is 6.77. The van der Waals surface area contributed by atoms with Crippen LogP contribution < -0.4 is 0 Å². The van der Waals surface area contributed by atoms with Crippen molar-refractivity contribution in [3.63, 3.8) is 0 Å². The predicted molar refractivity (Wildman–Crippen MR) is 124 cm³/mol. The summed E-state index contributed by atoms with van der Waals surface area (Å²) in [7, 11) is -3.17. The number of ketones is 1. The van der Waals surface area contributed by atoms with Crippen LogP contribution >= 0.6 is 0 Å². The van der Waals surface area contributed by atoms with E-state index in [0.29, 0.717) is 11.1 Å². The molecule has 1 N–H and O–H groups in total. The lowest BCUT2D eigenvalue weighted by Crippen LogP contribution is -2.22. The summed E-state index contributed by atoms with van der Waals surface area (Å²) in [6.45, 7) is 5.08. The Balaban J connectivity index is 1.68. The molecular formula is C26H28O4S. The number of hydrogen-bond acceptors (Lipinski definition) is 4. The van der Waals surface area contributed by atoms with E-state index in [1.165, 1.54) is 0 Å². The molecule has 0 aliphatic carbocycles. The lowest BCUT2D eigenvalue weighted by atomic mass is 9.87. The molecule has 5 heteroatoms. The summed E-state index contributed by atoms with van der Waals surface area (Å²) in [6, 6.07) is 23.6. The molecule has 0 saturated carbocycles. The lowest BCUT2D eigenvalue weighted by Gasteiger charge is -2.24. The molecule has 0 spiro atoms. The molecule has 3 rings (SSSR count). The first kappa shape index (κ1) is 22.9. The maximum atomic E-state index is 12.7. The van der Waals surface area contributed by atoms with Crippen LogP contribution in [0.15, 0.2) is 78.9 Å². The van der Waals surface area contributed by atoms with Gasteiger partial charge in [-0.05, 0) is 43.0 Å². The number of aliphatic hydroxyl groups is 1. The molecule has 1 atom stereocenters. The Bertz CT molecular complexity index is 1130. The molecule has 0 amide bonds. The molecular weight excluding hydrogens is 408 g/mol. The second-order valence-corrected chi connectivity index (χ2v) is 10.8. The molecule has 4 nitrogen and oxygen atoms in total. The van der Waals surface area contributed by atoms with E-state index < -0.39 is 20.7 Å². The van der Waals surface area contributed by atoms with Crippen LogP contribution in [0, 0.1) is 0 Å². The fourth-order valence-electron chi connectivity index (χ4n) is 3.35. The highest BCUT2D eigenvalue weighted by Crippen LogP contribution is 2.29. The van der Waals surface area contributed by atoms with Crippen LogP contribution in [-0.4, -0.2) is 24.6 Å². The summed E-state index contributed by atoms with van der Waals surface area (Å²) in [4.78, 5) is 12.7. The molecule has 0 saturated heterocycles. The van der Waals surface area contributed by atoms with Crippen LogP contribution in [0.3, 0.4) is 0 Å². The van der Waals surface area contributed by atoms with Gasteiger partial charge in [0.05, 0.1) is 11.0 Å². The number of carbonyl (C=O) groups excluding carboxylic acids is 1. The molecule has 3 aromatic carbocycles. The minimum absolute atomic E-state index is 0.0259. The molecule has 0 aliphatic heterocycles. The molecule has 0 aromatic heterocycles. The molecule has 3 aromatic rings. The van der Waals surface area contributed by atoms with Crippen molar-refractivity contribution in [2.75, 3.05) is 0 Å². The molecule has 1 unspecified atom stereocenters. The second kappa shape index (κ2) is 9.16. The van der Waals surface area contributed by atoms with Gasteiger partial charge in [-0.3, -0.25) is 4.79 Å². The van der Waals surface area contributed by atoms with Gasteiger partial charge in [-0.1, -0.05) is 78.9 Å². The van der Waals surface area contributed by atoms with E-state index in [0.717, 1.165) is 16.7 Å². The Labute approximate surface area is 184 Å². The van der Waals surface area contributed by atoms with E-state index in [1.54, 1.807) is 45.0 Å². The third-order valence-corrected chi connectivity index (χ3v) is 7.75. The SMILES string of the molecule is CC(C)S(=O)(=O)Cc1ccc(C(=O)Cc2ccc(C(C)(O)c3ccccc3)cc2)cc1. The normalized spacial score (nSPS) is 13.7. The van der Waals surface area contributed by atoms with Gasteiger partial charge in [-0.15, -0.1) is 0 Å². The third kappa shape index (κ3) is 5.49. The Morgan fingerprint density at radius 3 is 1.90 bits per heavy atom. The number of benzene rings is 3. The zero-order valence-corrected chi connectivity index (χ0v) is 18.9. The van der Waals surface area contributed by atoms with Crippen LogP contribution in [0.4, 0.5) is 0 Å². The van der Waals surface area contributed by atoms with Gasteiger partial charge in [0.2, 0.25) is 0 Å². The molecule has 162 valence electrons. The van der Waals surface area contributed by atoms with Crippen molar-refractivity contribution in [2.45, 2.75) is 43.8 Å². The standard InChI is InChI=1S/C26H28O4S/c1-19(2)31(29,30)18-21-9-13-22(14-10-21)25(27)17-20-11-15-24(16-12-20)26(3,28)23-7-5-4-6-8-23/h4-16,19,28H,17-18H2,1-3H3. The van der Waals surface area contributed by atoms with E-state index in [2.05, 4.69) is 0 Å². The first-order valence-electron chi connectivity index (χ1n) is 10.3. The van der Waals surface area contributed by atoms with Gasteiger partial charge in [-0.25, -0.2) is 8.42 Å². The second-order valence-electron chi connectivity index (χ2n) is 8.29. The Morgan fingerprint density at radius 2 is 1.35 bits per heavy atom. The van der Waals surface area contributed by atoms with Crippen LogP contribution in [-0.2, 0) is 27.6 Å². The van der Waals surface area contributed by atoms with E-state index in [-0.39, 0.29) is 18.0 Å². The Hall–Kier alpha value is -2.76. The van der Waals surface area contributed by atoms with Crippen LogP contribution in [0.1, 0.15) is 53.4 Å². The summed E-state index contributed by atoms with van der Waals surface area (Å²) in [5, 5.41) is 10.5. The summed E-state index contributed by atoms with van der Waals surface area (Å²) < 4.78 is 24.1. The minimum atomic E-state index is -3.17. The molecule has 31 heavy (non-hydrogen) atoms. The van der Waals surface area contributed by atoms with Gasteiger partial charge in [0.15, 0.2) is 15.6 Å². The average molecular weight is 437 g/mol. The smallest absolute Gasteiger partial charge is 0.167 e. The van der Waals surface area contributed by atoms with Crippen molar-refractivity contribution in [2.24, 2.45) is 0 Å². The highest BCUT2D eigenvalue weighted by atomic mass is 32.2. The molecule has 0 bridgehead atoms. The highest BCUT2D eigenvalue weighted by Gasteiger charge is 2.25. The molecule has 0 fully saturated rings. The van der Waals surface area contributed by atoms with Gasteiger partial charge in [0.1, 0.15) is 5.60 Å². The summed E-state index contributed by atoms with van der Waals surface area (Å²) in [5.41, 5.74) is 2.52. The first-order chi connectivity index (χ1) is 14.6. The van der Waals surface area contributed by atoms with Gasteiger partial charge in [0, 0.05) is 12.0 Å². The lowest BCUT2D eigenvalue weighted by molar-refractivity contribution is 0.0993.